The van der Waals surface area contributed by atoms with E-state index in [1.165, 1.54) is 33.4 Å². The van der Waals surface area contributed by atoms with Gasteiger partial charge in [0.25, 0.3) is 0 Å². The number of anilines is 3. The van der Waals surface area contributed by atoms with Gasteiger partial charge in [-0.1, -0.05) is 20.8 Å². The maximum Gasteiger partial charge on any atom is 0.174 e. The Labute approximate surface area is 214 Å². The van der Waals surface area contributed by atoms with Crippen LogP contribution in [0.25, 0.3) is 0 Å². The molecular formula is C30H39N6+3. The number of pyridine rings is 3. The zero-order valence-corrected chi connectivity index (χ0v) is 21.7. The van der Waals surface area contributed by atoms with Gasteiger partial charge in [0.1, 0.15) is 0 Å². The van der Waals surface area contributed by atoms with Crippen molar-refractivity contribution in [1.82, 2.24) is 0 Å². The van der Waals surface area contributed by atoms with Gasteiger partial charge >= 0.3 is 0 Å². The van der Waals surface area contributed by atoms with Crippen LogP contribution >= 0.6 is 0 Å². The Morgan fingerprint density at radius 1 is 0.417 bits per heavy atom. The summed E-state index contributed by atoms with van der Waals surface area (Å²) in [7, 11) is 0. The molecule has 3 heterocycles. The van der Waals surface area contributed by atoms with Crippen molar-refractivity contribution in [2.45, 2.75) is 59.7 Å². The van der Waals surface area contributed by atoms with E-state index in [4.69, 9.17) is 17.2 Å². The van der Waals surface area contributed by atoms with E-state index < -0.39 is 0 Å². The first-order chi connectivity index (χ1) is 17.4. The first-order valence-corrected chi connectivity index (χ1v) is 12.8. The van der Waals surface area contributed by atoms with Gasteiger partial charge in [0, 0.05) is 70.2 Å². The van der Waals surface area contributed by atoms with Crippen molar-refractivity contribution in [3.05, 3.63) is 107 Å². The third kappa shape index (κ3) is 5.48. The second kappa shape index (κ2) is 11.2. The van der Waals surface area contributed by atoms with Crippen molar-refractivity contribution in [3.8, 4) is 0 Å². The molecule has 0 aliphatic rings. The first-order valence-electron chi connectivity index (χ1n) is 12.8. The normalized spacial score (nSPS) is 11.1. The minimum atomic E-state index is 0.778. The van der Waals surface area contributed by atoms with E-state index >= 15 is 0 Å². The summed E-state index contributed by atoms with van der Waals surface area (Å²) in [5.41, 5.74) is 28.9. The molecule has 0 saturated heterocycles. The molecule has 36 heavy (non-hydrogen) atoms. The fourth-order valence-corrected chi connectivity index (χ4v) is 5.22. The molecule has 4 aromatic rings. The number of rotatable bonds is 9. The van der Waals surface area contributed by atoms with Crippen molar-refractivity contribution < 1.29 is 13.7 Å². The molecule has 0 amide bonds. The van der Waals surface area contributed by atoms with Gasteiger partial charge in [-0.15, -0.1) is 0 Å². The van der Waals surface area contributed by atoms with Crippen molar-refractivity contribution in [2.24, 2.45) is 0 Å². The highest BCUT2D eigenvalue weighted by atomic mass is 14.9. The van der Waals surface area contributed by atoms with E-state index in [-0.39, 0.29) is 0 Å². The van der Waals surface area contributed by atoms with Crippen molar-refractivity contribution in [1.29, 1.82) is 0 Å². The van der Waals surface area contributed by atoms with Crippen LogP contribution in [0, 0.1) is 0 Å². The van der Waals surface area contributed by atoms with Crippen LogP contribution < -0.4 is 30.9 Å². The van der Waals surface area contributed by atoms with Crippen molar-refractivity contribution in [2.75, 3.05) is 17.2 Å². The highest BCUT2D eigenvalue weighted by molar-refractivity contribution is 5.52. The Bertz CT molecular complexity index is 1120. The molecule has 186 valence electrons. The number of benzene rings is 1. The van der Waals surface area contributed by atoms with Gasteiger partial charge in [0.2, 0.25) is 0 Å². The molecule has 0 aliphatic carbocycles. The summed E-state index contributed by atoms with van der Waals surface area (Å²) in [6, 6.07) is 11.8. The minimum absolute atomic E-state index is 0.778. The Morgan fingerprint density at radius 3 is 0.833 bits per heavy atom. The maximum absolute atomic E-state index is 5.97. The van der Waals surface area contributed by atoms with E-state index in [0.717, 1.165) is 56.0 Å². The average molecular weight is 484 g/mol. The van der Waals surface area contributed by atoms with E-state index in [0.29, 0.717) is 0 Å². The standard InChI is InChI=1S/C30H36N6/c1-4-25-28(19-34-13-7-22(31)8-14-34)26(5-2)30(21-36-17-11-24(33)12-18-36)27(6-3)29(25)20-35-15-9-23(32)10-16-35/h7-18,31-33H,4-6,19-21H2,1-3H3/p+3. The van der Waals surface area contributed by atoms with Gasteiger partial charge in [-0.05, 0) is 36.0 Å². The van der Waals surface area contributed by atoms with Gasteiger partial charge in [0.05, 0.1) is 0 Å². The van der Waals surface area contributed by atoms with Gasteiger partial charge in [-0.3, -0.25) is 0 Å². The van der Waals surface area contributed by atoms with Crippen LogP contribution in [0.15, 0.2) is 73.6 Å². The average Bonchev–Trinajstić information content (AvgIpc) is 2.88. The van der Waals surface area contributed by atoms with Crippen LogP contribution in [-0.2, 0) is 38.9 Å². The Hall–Kier alpha value is -3.93. The number of aromatic nitrogens is 3. The van der Waals surface area contributed by atoms with Gasteiger partial charge in [0.15, 0.2) is 56.8 Å². The molecule has 6 N–H and O–H groups in total. The largest absolute Gasteiger partial charge is 0.398 e. The maximum atomic E-state index is 5.97. The molecule has 0 aliphatic heterocycles. The minimum Gasteiger partial charge on any atom is -0.398 e. The summed E-state index contributed by atoms with van der Waals surface area (Å²) in [5, 5.41) is 0. The summed E-state index contributed by atoms with van der Waals surface area (Å²) in [6.07, 6.45) is 15.4. The summed E-state index contributed by atoms with van der Waals surface area (Å²) in [4.78, 5) is 0. The molecule has 0 bridgehead atoms. The molecular weight excluding hydrogens is 444 g/mol. The van der Waals surface area contributed by atoms with E-state index in [2.05, 4.69) is 71.7 Å². The van der Waals surface area contributed by atoms with Crippen LogP contribution in [0.2, 0.25) is 0 Å². The molecule has 3 aromatic heterocycles. The fourth-order valence-electron chi connectivity index (χ4n) is 5.22. The van der Waals surface area contributed by atoms with E-state index in [1.807, 2.05) is 36.4 Å². The molecule has 6 heteroatoms. The zero-order valence-electron chi connectivity index (χ0n) is 21.7. The molecule has 6 nitrogen and oxygen atoms in total. The number of hydrogen-bond donors (Lipinski definition) is 3. The smallest absolute Gasteiger partial charge is 0.174 e. The monoisotopic (exact) mass is 483 g/mol. The second-order valence-corrected chi connectivity index (χ2v) is 9.34. The molecule has 0 saturated carbocycles. The fraction of sp³-hybridized carbons (Fsp3) is 0.300. The third-order valence-electron chi connectivity index (χ3n) is 7.02. The lowest BCUT2D eigenvalue weighted by Gasteiger charge is -2.22. The zero-order chi connectivity index (χ0) is 25.7. The Morgan fingerprint density at radius 2 is 0.639 bits per heavy atom. The number of nitrogens with zero attached hydrogens (tertiary/aromatic N) is 3. The molecule has 0 atom stereocenters. The van der Waals surface area contributed by atoms with Crippen LogP contribution in [0.1, 0.15) is 54.2 Å². The number of nitrogens with two attached hydrogens (primary N) is 3. The van der Waals surface area contributed by atoms with Crippen LogP contribution in [0.3, 0.4) is 0 Å². The first kappa shape index (κ1) is 25.2. The molecule has 0 radical (unpaired) electrons. The summed E-state index contributed by atoms with van der Waals surface area (Å²) in [5.74, 6) is 0. The lowest BCUT2D eigenvalue weighted by atomic mass is 9.83. The highest BCUT2D eigenvalue weighted by Crippen LogP contribution is 2.31. The van der Waals surface area contributed by atoms with Gasteiger partial charge < -0.3 is 17.2 Å². The van der Waals surface area contributed by atoms with Crippen molar-refractivity contribution >= 4 is 17.1 Å². The van der Waals surface area contributed by atoms with Crippen LogP contribution in [-0.4, -0.2) is 0 Å². The molecule has 1 aromatic carbocycles. The topological polar surface area (TPSA) is 89.7 Å². The second-order valence-electron chi connectivity index (χ2n) is 9.34. The molecule has 4 rings (SSSR count). The van der Waals surface area contributed by atoms with Crippen LogP contribution in [0.4, 0.5) is 17.1 Å². The molecule has 0 unspecified atom stereocenters. The molecule has 0 fully saturated rings. The van der Waals surface area contributed by atoms with Gasteiger partial charge in [-0.25, -0.2) is 13.7 Å². The van der Waals surface area contributed by atoms with E-state index in [9.17, 15) is 0 Å². The van der Waals surface area contributed by atoms with Gasteiger partial charge in [-0.2, -0.15) is 0 Å². The molecule has 0 spiro atoms. The van der Waals surface area contributed by atoms with Crippen LogP contribution in [0.5, 0.6) is 0 Å². The quantitative estimate of drug-likeness (QED) is 0.320. The summed E-state index contributed by atoms with van der Waals surface area (Å²) < 4.78 is 6.70. The SMILES string of the molecule is CCc1c(C[n+]2ccc(N)cc2)c(CC)c(C[n+]2ccc(N)cc2)c(CC)c1C[n+]1ccc(N)cc1. The third-order valence-corrected chi connectivity index (χ3v) is 7.02. The number of nitrogen functional groups attached to an aromatic ring is 3. The summed E-state index contributed by atoms with van der Waals surface area (Å²) in [6.45, 7) is 9.27. The van der Waals surface area contributed by atoms with Crippen molar-refractivity contribution in [3.63, 3.8) is 0 Å². The summed E-state index contributed by atoms with van der Waals surface area (Å²) >= 11 is 0. The Balaban J connectivity index is 1.93. The number of hydrogen-bond acceptors (Lipinski definition) is 3. The predicted octanol–water partition coefficient (Wildman–Crippen LogP) is 3.13. The highest BCUT2D eigenvalue weighted by Gasteiger charge is 2.27. The lowest BCUT2D eigenvalue weighted by molar-refractivity contribution is -0.690. The lowest BCUT2D eigenvalue weighted by Crippen LogP contribution is -2.39. The Kier molecular flexibility index (Phi) is 7.84. The predicted molar refractivity (Wildman–Crippen MR) is 145 cm³/mol. The van der Waals surface area contributed by atoms with E-state index in [1.54, 1.807) is 0 Å².